The van der Waals surface area contributed by atoms with Crippen LogP contribution in [0.4, 0.5) is 0 Å². The standard InChI is InChI=1S/C13H22N2O3/c1-9(11-7-14-8-11)13(18)15-4-2-10(3-5-15)6-12(16)17/h9-11,14H,2-8H2,1H3,(H,16,17). The van der Waals surface area contributed by atoms with E-state index in [1.54, 1.807) is 0 Å². The number of nitrogens with one attached hydrogen (secondary N) is 1. The highest BCUT2D eigenvalue weighted by Gasteiger charge is 2.33. The van der Waals surface area contributed by atoms with Crippen LogP contribution in [0, 0.1) is 17.8 Å². The summed E-state index contributed by atoms with van der Waals surface area (Å²) in [6.45, 7) is 5.35. The lowest BCUT2D eigenvalue weighted by Gasteiger charge is -2.37. The molecule has 0 aromatic rings. The molecule has 0 saturated carbocycles. The molecular formula is C13H22N2O3. The first-order valence-electron chi connectivity index (χ1n) is 6.79. The Balaban J connectivity index is 1.78. The van der Waals surface area contributed by atoms with Crippen LogP contribution < -0.4 is 5.32 Å². The smallest absolute Gasteiger partial charge is 0.303 e. The van der Waals surface area contributed by atoms with E-state index in [1.165, 1.54) is 0 Å². The van der Waals surface area contributed by atoms with Gasteiger partial charge in [-0.15, -0.1) is 0 Å². The van der Waals surface area contributed by atoms with E-state index in [2.05, 4.69) is 5.32 Å². The summed E-state index contributed by atoms with van der Waals surface area (Å²) in [5, 5.41) is 11.9. The minimum atomic E-state index is -0.728. The molecule has 2 N–H and O–H groups in total. The Morgan fingerprint density at radius 3 is 2.39 bits per heavy atom. The monoisotopic (exact) mass is 254 g/mol. The Hall–Kier alpha value is -1.10. The Morgan fingerprint density at radius 1 is 1.33 bits per heavy atom. The molecular weight excluding hydrogens is 232 g/mol. The van der Waals surface area contributed by atoms with Crippen molar-refractivity contribution in [3.8, 4) is 0 Å². The van der Waals surface area contributed by atoms with Gasteiger partial charge in [0.1, 0.15) is 0 Å². The van der Waals surface area contributed by atoms with Gasteiger partial charge in [-0.3, -0.25) is 9.59 Å². The van der Waals surface area contributed by atoms with Crippen LogP contribution in [0.25, 0.3) is 0 Å². The van der Waals surface area contributed by atoms with Crippen LogP contribution in [0.5, 0.6) is 0 Å². The van der Waals surface area contributed by atoms with E-state index >= 15 is 0 Å². The van der Waals surface area contributed by atoms with Gasteiger partial charge in [0.25, 0.3) is 0 Å². The van der Waals surface area contributed by atoms with Crippen LogP contribution in [-0.2, 0) is 9.59 Å². The van der Waals surface area contributed by atoms with Gasteiger partial charge in [-0.05, 0) is 37.8 Å². The largest absolute Gasteiger partial charge is 0.481 e. The third-order valence-corrected chi connectivity index (χ3v) is 4.30. The average Bonchev–Trinajstić information content (AvgIpc) is 2.26. The summed E-state index contributed by atoms with van der Waals surface area (Å²) in [4.78, 5) is 24.8. The second-order valence-electron chi connectivity index (χ2n) is 5.57. The molecule has 5 heteroatoms. The molecule has 5 nitrogen and oxygen atoms in total. The third-order valence-electron chi connectivity index (χ3n) is 4.30. The van der Waals surface area contributed by atoms with E-state index in [1.807, 2.05) is 11.8 Å². The van der Waals surface area contributed by atoms with Crippen LogP contribution in [0.3, 0.4) is 0 Å². The molecule has 0 aromatic carbocycles. The normalized spacial score (nSPS) is 23.5. The Bertz CT molecular complexity index is 320. The third kappa shape index (κ3) is 3.02. The van der Waals surface area contributed by atoms with Gasteiger partial charge in [-0.25, -0.2) is 0 Å². The first-order chi connectivity index (χ1) is 8.58. The van der Waals surface area contributed by atoms with Crippen molar-refractivity contribution >= 4 is 11.9 Å². The summed E-state index contributed by atoms with van der Waals surface area (Å²) in [5.74, 6) is 0.340. The van der Waals surface area contributed by atoms with Gasteiger partial charge in [-0.1, -0.05) is 6.92 Å². The number of piperidine rings is 1. The van der Waals surface area contributed by atoms with Crippen molar-refractivity contribution < 1.29 is 14.7 Å². The Labute approximate surface area is 108 Å². The summed E-state index contributed by atoms with van der Waals surface area (Å²) in [5.41, 5.74) is 0. The fourth-order valence-corrected chi connectivity index (χ4v) is 2.76. The highest BCUT2D eigenvalue weighted by molar-refractivity contribution is 5.79. The maximum Gasteiger partial charge on any atom is 0.303 e. The molecule has 2 aliphatic heterocycles. The molecule has 2 rings (SSSR count). The van der Waals surface area contributed by atoms with Crippen molar-refractivity contribution in [2.45, 2.75) is 26.2 Å². The summed E-state index contributed by atoms with van der Waals surface area (Å²) in [7, 11) is 0. The van der Waals surface area contributed by atoms with Crippen molar-refractivity contribution in [1.82, 2.24) is 10.2 Å². The Kier molecular flexibility index (Phi) is 4.22. The molecule has 1 amide bonds. The lowest BCUT2D eigenvalue weighted by atomic mass is 9.86. The quantitative estimate of drug-likeness (QED) is 0.769. The number of rotatable bonds is 4. The number of hydrogen-bond acceptors (Lipinski definition) is 3. The molecule has 2 fully saturated rings. The predicted octanol–water partition coefficient (Wildman–Crippen LogP) is 0.555. The van der Waals surface area contributed by atoms with Crippen LogP contribution in [0.1, 0.15) is 26.2 Å². The van der Waals surface area contributed by atoms with E-state index in [0.717, 1.165) is 39.0 Å². The highest BCUT2D eigenvalue weighted by Crippen LogP contribution is 2.24. The zero-order chi connectivity index (χ0) is 13.1. The van der Waals surface area contributed by atoms with Crippen molar-refractivity contribution in [2.24, 2.45) is 17.8 Å². The number of carbonyl (C=O) groups excluding carboxylic acids is 1. The number of amides is 1. The van der Waals surface area contributed by atoms with Crippen LogP contribution in [0.2, 0.25) is 0 Å². The lowest BCUT2D eigenvalue weighted by molar-refractivity contribution is -0.140. The minimum Gasteiger partial charge on any atom is -0.481 e. The van der Waals surface area contributed by atoms with Gasteiger partial charge < -0.3 is 15.3 Å². The predicted molar refractivity (Wildman–Crippen MR) is 67.1 cm³/mol. The summed E-state index contributed by atoms with van der Waals surface area (Å²) in [6, 6.07) is 0. The maximum atomic E-state index is 12.2. The van der Waals surface area contributed by atoms with Crippen molar-refractivity contribution in [2.75, 3.05) is 26.2 Å². The van der Waals surface area contributed by atoms with Gasteiger partial charge in [0.05, 0.1) is 0 Å². The average molecular weight is 254 g/mol. The van der Waals surface area contributed by atoms with Gasteiger partial charge in [0.15, 0.2) is 0 Å². The summed E-state index contributed by atoms with van der Waals surface area (Å²) in [6.07, 6.45) is 1.89. The lowest BCUT2D eigenvalue weighted by Crippen LogP contribution is -2.51. The molecule has 1 unspecified atom stereocenters. The SMILES string of the molecule is CC(C(=O)N1CCC(CC(=O)O)CC1)C1CNC1. The minimum absolute atomic E-state index is 0.0993. The number of carboxylic acids is 1. The first kappa shape index (κ1) is 13.3. The zero-order valence-electron chi connectivity index (χ0n) is 10.9. The fraction of sp³-hybridized carbons (Fsp3) is 0.846. The first-order valence-corrected chi connectivity index (χ1v) is 6.79. The molecule has 0 radical (unpaired) electrons. The number of aliphatic carboxylic acids is 1. The number of carbonyl (C=O) groups is 2. The van der Waals surface area contributed by atoms with Gasteiger partial charge in [-0.2, -0.15) is 0 Å². The second-order valence-corrected chi connectivity index (χ2v) is 5.57. The number of nitrogens with zero attached hydrogens (tertiary/aromatic N) is 1. The molecule has 2 aliphatic rings. The van der Waals surface area contributed by atoms with E-state index in [-0.39, 0.29) is 24.2 Å². The molecule has 18 heavy (non-hydrogen) atoms. The molecule has 0 aliphatic carbocycles. The maximum absolute atomic E-state index is 12.2. The summed E-state index contributed by atoms with van der Waals surface area (Å²) >= 11 is 0. The second kappa shape index (κ2) is 5.69. The van der Waals surface area contributed by atoms with Gasteiger partial charge in [0.2, 0.25) is 5.91 Å². The topological polar surface area (TPSA) is 69.6 Å². The molecule has 0 spiro atoms. The molecule has 2 heterocycles. The molecule has 0 aromatic heterocycles. The van der Waals surface area contributed by atoms with Crippen molar-refractivity contribution in [3.05, 3.63) is 0 Å². The van der Waals surface area contributed by atoms with Crippen LogP contribution >= 0.6 is 0 Å². The van der Waals surface area contributed by atoms with Crippen molar-refractivity contribution in [3.63, 3.8) is 0 Å². The van der Waals surface area contributed by atoms with E-state index < -0.39 is 5.97 Å². The van der Waals surface area contributed by atoms with Crippen LogP contribution in [0.15, 0.2) is 0 Å². The fourth-order valence-electron chi connectivity index (χ4n) is 2.76. The summed E-state index contributed by atoms with van der Waals surface area (Å²) < 4.78 is 0. The van der Waals surface area contributed by atoms with E-state index in [4.69, 9.17) is 5.11 Å². The van der Waals surface area contributed by atoms with Crippen molar-refractivity contribution in [1.29, 1.82) is 0 Å². The van der Waals surface area contributed by atoms with Gasteiger partial charge in [0, 0.05) is 25.4 Å². The molecule has 1 atom stereocenters. The molecule has 0 bridgehead atoms. The van der Waals surface area contributed by atoms with Gasteiger partial charge >= 0.3 is 5.97 Å². The number of carboxylic acid groups (broad SMARTS) is 1. The van der Waals surface area contributed by atoms with E-state index in [9.17, 15) is 9.59 Å². The number of likely N-dealkylation sites (tertiary alicyclic amines) is 1. The highest BCUT2D eigenvalue weighted by atomic mass is 16.4. The molecule has 102 valence electrons. The number of hydrogen-bond donors (Lipinski definition) is 2. The van der Waals surface area contributed by atoms with Crippen LogP contribution in [-0.4, -0.2) is 48.1 Å². The molecule has 2 saturated heterocycles. The van der Waals surface area contributed by atoms with E-state index in [0.29, 0.717) is 5.92 Å². The Morgan fingerprint density at radius 2 is 1.94 bits per heavy atom. The zero-order valence-corrected chi connectivity index (χ0v) is 10.9.